The Labute approximate surface area is 63.8 Å². The molecule has 1 aliphatic carbocycles. The minimum absolute atomic E-state index is 0.365. The minimum atomic E-state index is 0.365. The van der Waals surface area contributed by atoms with Crippen LogP contribution >= 0.6 is 0 Å². The van der Waals surface area contributed by atoms with E-state index in [9.17, 15) is 4.79 Å². The van der Waals surface area contributed by atoms with Crippen LogP contribution in [0.25, 0.3) is 0 Å². The predicted octanol–water partition coefficient (Wildman–Crippen LogP) is 2.79. The van der Waals surface area contributed by atoms with E-state index >= 15 is 0 Å². The van der Waals surface area contributed by atoms with Crippen molar-refractivity contribution in [2.75, 3.05) is 0 Å². The summed E-state index contributed by atoms with van der Waals surface area (Å²) in [7, 11) is 0. The molecule has 1 heteroatoms. The largest absolute Gasteiger partial charge is 0.299 e. The van der Waals surface area contributed by atoms with Gasteiger partial charge in [-0.2, -0.15) is 0 Å². The summed E-state index contributed by atoms with van der Waals surface area (Å²) in [5.41, 5.74) is 0. The maximum absolute atomic E-state index is 10.8. The van der Waals surface area contributed by atoms with Gasteiger partial charge in [0.05, 0.1) is 0 Å². The van der Waals surface area contributed by atoms with Crippen molar-refractivity contribution in [1.29, 1.82) is 0 Å². The second kappa shape index (κ2) is 5.45. The van der Waals surface area contributed by atoms with E-state index in [1.807, 2.05) is 20.8 Å². The molecule has 60 valence electrons. The zero-order valence-corrected chi connectivity index (χ0v) is 7.31. The SMILES string of the molecule is CC.C[C@H]1CCCCC1=O. The summed E-state index contributed by atoms with van der Waals surface area (Å²) < 4.78 is 0. The summed E-state index contributed by atoms with van der Waals surface area (Å²) in [6.07, 6.45) is 4.34. The Morgan fingerprint density at radius 2 is 1.90 bits per heavy atom. The molecular weight excluding hydrogens is 124 g/mol. The van der Waals surface area contributed by atoms with E-state index in [2.05, 4.69) is 0 Å². The number of ketones is 1. The van der Waals surface area contributed by atoms with Crippen molar-refractivity contribution in [2.45, 2.75) is 46.5 Å². The Balaban J connectivity index is 0.000000371. The van der Waals surface area contributed by atoms with Crippen LogP contribution in [-0.4, -0.2) is 5.78 Å². The van der Waals surface area contributed by atoms with Crippen LogP contribution in [0.3, 0.4) is 0 Å². The molecule has 0 amide bonds. The lowest BCUT2D eigenvalue weighted by Gasteiger charge is -2.14. The van der Waals surface area contributed by atoms with Crippen molar-refractivity contribution in [1.82, 2.24) is 0 Å². The van der Waals surface area contributed by atoms with Crippen molar-refractivity contribution < 1.29 is 4.79 Å². The molecule has 0 unspecified atom stereocenters. The predicted molar refractivity (Wildman–Crippen MR) is 44.0 cm³/mol. The first kappa shape index (κ1) is 9.67. The summed E-state index contributed by atoms with van der Waals surface area (Å²) in [6.45, 7) is 6.03. The molecule has 1 nitrogen and oxygen atoms in total. The average Bonchev–Trinajstić information content (AvgIpc) is 2.00. The Bertz CT molecular complexity index is 96.9. The number of rotatable bonds is 0. The van der Waals surface area contributed by atoms with Gasteiger partial charge in [0.2, 0.25) is 0 Å². The van der Waals surface area contributed by atoms with Crippen LogP contribution in [0.5, 0.6) is 0 Å². The van der Waals surface area contributed by atoms with Gasteiger partial charge in [-0.15, -0.1) is 0 Å². The van der Waals surface area contributed by atoms with Gasteiger partial charge in [-0.25, -0.2) is 0 Å². The fourth-order valence-electron chi connectivity index (χ4n) is 1.16. The number of hydrogen-bond donors (Lipinski definition) is 0. The van der Waals surface area contributed by atoms with Crippen LogP contribution in [-0.2, 0) is 4.79 Å². The lowest BCUT2D eigenvalue weighted by Crippen LogP contribution is -2.14. The average molecular weight is 142 g/mol. The van der Waals surface area contributed by atoms with Crippen molar-refractivity contribution in [2.24, 2.45) is 5.92 Å². The molecule has 1 atom stereocenters. The standard InChI is InChI=1S/C7H12O.C2H6/c1-6-4-2-3-5-7(6)8;1-2/h6H,2-5H2,1H3;1-2H3/t6-;/m0./s1. The summed E-state index contributed by atoms with van der Waals surface area (Å²) in [6, 6.07) is 0. The maximum Gasteiger partial charge on any atom is 0.135 e. The van der Waals surface area contributed by atoms with E-state index < -0.39 is 0 Å². The molecular formula is C9H18O. The summed E-state index contributed by atoms with van der Waals surface area (Å²) >= 11 is 0. The Morgan fingerprint density at radius 3 is 2.20 bits per heavy atom. The van der Waals surface area contributed by atoms with E-state index in [-0.39, 0.29) is 0 Å². The van der Waals surface area contributed by atoms with Crippen molar-refractivity contribution in [3.8, 4) is 0 Å². The van der Waals surface area contributed by atoms with Crippen LogP contribution in [0.15, 0.2) is 0 Å². The van der Waals surface area contributed by atoms with Gasteiger partial charge in [0.15, 0.2) is 0 Å². The number of carbonyl (C=O) groups is 1. The third-order valence-corrected chi connectivity index (χ3v) is 1.86. The second-order valence-electron chi connectivity index (χ2n) is 2.61. The van der Waals surface area contributed by atoms with Gasteiger partial charge in [-0.1, -0.05) is 27.2 Å². The highest BCUT2D eigenvalue weighted by Crippen LogP contribution is 2.18. The van der Waals surface area contributed by atoms with Gasteiger partial charge < -0.3 is 0 Å². The highest BCUT2D eigenvalue weighted by Gasteiger charge is 2.16. The monoisotopic (exact) mass is 142 g/mol. The van der Waals surface area contributed by atoms with Crippen molar-refractivity contribution in [3.63, 3.8) is 0 Å². The van der Waals surface area contributed by atoms with E-state index in [4.69, 9.17) is 0 Å². The van der Waals surface area contributed by atoms with Crippen LogP contribution < -0.4 is 0 Å². The van der Waals surface area contributed by atoms with E-state index in [1.165, 1.54) is 6.42 Å². The molecule has 0 aromatic rings. The highest BCUT2D eigenvalue weighted by atomic mass is 16.1. The summed E-state index contributed by atoms with van der Waals surface area (Å²) in [5, 5.41) is 0. The van der Waals surface area contributed by atoms with Gasteiger partial charge >= 0.3 is 0 Å². The third-order valence-electron chi connectivity index (χ3n) is 1.86. The maximum atomic E-state index is 10.8. The molecule has 0 heterocycles. The zero-order valence-electron chi connectivity index (χ0n) is 7.31. The first-order chi connectivity index (χ1) is 4.80. The van der Waals surface area contributed by atoms with Crippen LogP contribution in [0.1, 0.15) is 46.5 Å². The van der Waals surface area contributed by atoms with Gasteiger partial charge in [0.25, 0.3) is 0 Å². The van der Waals surface area contributed by atoms with E-state index in [0.717, 1.165) is 19.3 Å². The van der Waals surface area contributed by atoms with Gasteiger partial charge in [-0.05, 0) is 12.8 Å². The molecule has 0 saturated heterocycles. The smallest absolute Gasteiger partial charge is 0.135 e. The summed E-state index contributed by atoms with van der Waals surface area (Å²) in [4.78, 5) is 10.8. The van der Waals surface area contributed by atoms with Crippen molar-refractivity contribution in [3.05, 3.63) is 0 Å². The molecule has 1 aliphatic rings. The molecule has 0 aliphatic heterocycles. The lowest BCUT2D eigenvalue weighted by atomic mass is 9.90. The Hall–Kier alpha value is -0.330. The zero-order chi connectivity index (χ0) is 7.98. The van der Waals surface area contributed by atoms with Gasteiger partial charge in [0.1, 0.15) is 5.78 Å². The molecule has 0 aromatic carbocycles. The van der Waals surface area contributed by atoms with Crippen LogP contribution in [0.4, 0.5) is 0 Å². The Morgan fingerprint density at radius 1 is 1.30 bits per heavy atom. The first-order valence-corrected chi connectivity index (χ1v) is 4.33. The second-order valence-corrected chi connectivity index (χ2v) is 2.61. The molecule has 1 rings (SSSR count). The third kappa shape index (κ3) is 3.00. The van der Waals surface area contributed by atoms with E-state index in [1.54, 1.807) is 0 Å². The van der Waals surface area contributed by atoms with E-state index in [0.29, 0.717) is 11.7 Å². The number of hydrogen-bond acceptors (Lipinski definition) is 1. The highest BCUT2D eigenvalue weighted by molar-refractivity contribution is 5.81. The van der Waals surface area contributed by atoms with Gasteiger partial charge in [0, 0.05) is 12.3 Å². The molecule has 0 radical (unpaired) electrons. The quantitative estimate of drug-likeness (QED) is 0.508. The van der Waals surface area contributed by atoms with Crippen molar-refractivity contribution >= 4 is 5.78 Å². The minimum Gasteiger partial charge on any atom is -0.299 e. The van der Waals surface area contributed by atoms with Crippen LogP contribution in [0, 0.1) is 5.92 Å². The number of carbonyl (C=O) groups excluding carboxylic acids is 1. The normalized spacial score (nSPS) is 25.1. The molecule has 1 fully saturated rings. The molecule has 0 N–H and O–H groups in total. The number of Topliss-reactive ketones (excluding diaryl/α,β-unsaturated/α-hetero) is 1. The topological polar surface area (TPSA) is 17.1 Å². The van der Waals surface area contributed by atoms with Gasteiger partial charge in [-0.3, -0.25) is 4.79 Å². The van der Waals surface area contributed by atoms with Crippen LogP contribution in [0.2, 0.25) is 0 Å². The summed E-state index contributed by atoms with van der Waals surface area (Å²) in [5.74, 6) is 0.833. The molecule has 1 saturated carbocycles. The molecule has 0 bridgehead atoms. The fraction of sp³-hybridized carbons (Fsp3) is 0.889. The molecule has 10 heavy (non-hydrogen) atoms. The first-order valence-electron chi connectivity index (χ1n) is 4.33. The Kier molecular flexibility index (Phi) is 5.27. The molecule has 0 aromatic heterocycles. The lowest BCUT2D eigenvalue weighted by molar-refractivity contribution is -0.123. The molecule has 0 spiro atoms. The fourth-order valence-corrected chi connectivity index (χ4v) is 1.16.